The Morgan fingerprint density at radius 3 is 1.90 bits per heavy atom. The van der Waals surface area contributed by atoms with E-state index in [0.29, 0.717) is 0 Å². The first-order valence-corrected chi connectivity index (χ1v) is 14.1. The molecule has 0 fully saturated rings. The second kappa shape index (κ2) is 10.5. The summed E-state index contributed by atoms with van der Waals surface area (Å²) >= 11 is 0. The lowest BCUT2D eigenvalue weighted by Gasteiger charge is -2.25. The summed E-state index contributed by atoms with van der Waals surface area (Å²) in [6.45, 7) is 0. The first-order valence-electron chi connectivity index (χ1n) is 14.1. The lowest BCUT2D eigenvalue weighted by molar-refractivity contribution is 0.664. The third kappa shape index (κ3) is 4.65. The number of allylic oxidation sites excluding steroid dienone is 1. The zero-order valence-electron chi connectivity index (χ0n) is 23.5. The van der Waals surface area contributed by atoms with E-state index in [2.05, 4.69) is 108 Å². The standard InChI is InChI=1S/C37H30N4O/c1-40-34-21-20-30(23-35(34)41(2)37(40)42)29-14-9-15-31(22-29)33-24-32(38-36(39-33)28-12-7-4-8-13-28)27-18-16-26(17-19-27)25-10-5-3-6-11-25/h3-24,36,38H,1-2H3. The van der Waals surface area contributed by atoms with Gasteiger partial charge in [0.2, 0.25) is 0 Å². The minimum absolute atomic E-state index is 0.0265. The van der Waals surface area contributed by atoms with Crippen LogP contribution in [-0.2, 0) is 14.1 Å². The van der Waals surface area contributed by atoms with Crippen molar-refractivity contribution in [2.75, 3.05) is 0 Å². The quantitative estimate of drug-likeness (QED) is 0.246. The van der Waals surface area contributed by atoms with Crippen molar-refractivity contribution in [3.63, 3.8) is 0 Å². The molecule has 0 bridgehead atoms. The van der Waals surface area contributed by atoms with E-state index in [0.717, 1.165) is 50.3 Å². The van der Waals surface area contributed by atoms with Gasteiger partial charge in [-0.1, -0.05) is 109 Å². The molecule has 1 N–H and O–H groups in total. The van der Waals surface area contributed by atoms with Gasteiger partial charge in [-0.05, 0) is 57.7 Å². The second-order valence-electron chi connectivity index (χ2n) is 10.7. The normalized spacial score (nSPS) is 14.8. The van der Waals surface area contributed by atoms with Gasteiger partial charge in [-0.2, -0.15) is 0 Å². The zero-order valence-corrected chi connectivity index (χ0v) is 23.5. The molecule has 0 spiro atoms. The van der Waals surface area contributed by atoms with Crippen molar-refractivity contribution >= 4 is 22.4 Å². The van der Waals surface area contributed by atoms with Crippen LogP contribution in [0.4, 0.5) is 0 Å². The van der Waals surface area contributed by atoms with Crippen LogP contribution in [0.3, 0.4) is 0 Å². The molecule has 1 atom stereocenters. The summed E-state index contributed by atoms with van der Waals surface area (Å²) in [6.07, 6.45) is 1.93. The predicted octanol–water partition coefficient (Wildman–Crippen LogP) is 7.34. The Balaban J connectivity index is 1.28. The van der Waals surface area contributed by atoms with Crippen molar-refractivity contribution in [2.24, 2.45) is 19.1 Å². The highest BCUT2D eigenvalue weighted by molar-refractivity contribution is 6.13. The third-order valence-electron chi connectivity index (χ3n) is 8.02. The number of rotatable bonds is 5. The van der Waals surface area contributed by atoms with E-state index in [4.69, 9.17) is 4.99 Å². The van der Waals surface area contributed by atoms with Crippen LogP contribution in [0.2, 0.25) is 0 Å². The van der Waals surface area contributed by atoms with Gasteiger partial charge in [0.05, 0.1) is 16.7 Å². The molecule has 5 heteroatoms. The number of hydrogen-bond acceptors (Lipinski definition) is 3. The Bertz CT molecular complexity index is 2030. The summed E-state index contributed by atoms with van der Waals surface area (Å²) in [5, 5.41) is 3.66. The fourth-order valence-corrected chi connectivity index (χ4v) is 5.67. The fraction of sp³-hybridized carbons (Fsp3) is 0.0811. The topological polar surface area (TPSA) is 51.3 Å². The number of benzene rings is 5. The number of nitrogens with one attached hydrogen (secondary N) is 1. The van der Waals surface area contributed by atoms with Gasteiger partial charge in [-0.15, -0.1) is 0 Å². The van der Waals surface area contributed by atoms with Crippen molar-refractivity contribution in [1.29, 1.82) is 0 Å². The van der Waals surface area contributed by atoms with Gasteiger partial charge in [0.15, 0.2) is 0 Å². The molecule has 0 amide bonds. The van der Waals surface area contributed by atoms with Crippen LogP contribution in [0.5, 0.6) is 0 Å². The largest absolute Gasteiger partial charge is 0.360 e. The molecule has 42 heavy (non-hydrogen) atoms. The summed E-state index contributed by atoms with van der Waals surface area (Å²) in [5.41, 5.74) is 11.5. The van der Waals surface area contributed by atoms with Crippen LogP contribution >= 0.6 is 0 Å². The minimum Gasteiger partial charge on any atom is -0.360 e. The molecule has 5 nitrogen and oxygen atoms in total. The van der Waals surface area contributed by atoms with Crippen molar-refractivity contribution in [2.45, 2.75) is 6.17 Å². The number of aryl methyl sites for hydroxylation is 2. The van der Waals surface area contributed by atoms with E-state index in [1.165, 1.54) is 11.1 Å². The predicted molar refractivity (Wildman–Crippen MR) is 172 cm³/mol. The molecule has 1 aromatic heterocycles. The van der Waals surface area contributed by atoms with Gasteiger partial charge in [0, 0.05) is 25.4 Å². The van der Waals surface area contributed by atoms with E-state index in [1.807, 2.05) is 44.4 Å². The molecule has 0 radical (unpaired) electrons. The molecule has 1 unspecified atom stereocenters. The number of fused-ring (bicyclic) bond motifs is 1. The second-order valence-corrected chi connectivity index (χ2v) is 10.7. The maximum absolute atomic E-state index is 12.5. The Kier molecular flexibility index (Phi) is 6.40. The number of aliphatic imine (C=N–C) groups is 1. The van der Waals surface area contributed by atoms with E-state index in [9.17, 15) is 4.79 Å². The average Bonchev–Trinajstić information content (AvgIpc) is 3.28. The monoisotopic (exact) mass is 546 g/mol. The first kappa shape index (κ1) is 25.5. The summed E-state index contributed by atoms with van der Waals surface area (Å²) < 4.78 is 3.38. The lowest BCUT2D eigenvalue weighted by atomic mass is 9.97. The molecule has 204 valence electrons. The molecule has 0 aliphatic carbocycles. The SMILES string of the molecule is Cn1c(=O)n(C)c2cc(-c3cccc(C4=NC(c5ccccc5)NC(c5ccc(-c6ccccc6)cc5)=C4)c3)ccc21. The molecule has 1 aliphatic heterocycles. The molecule has 1 aliphatic rings. The highest BCUT2D eigenvalue weighted by Gasteiger charge is 2.20. The van der Waals surface area contributed by atoms with Crippen LogP contribution in [0.15, 0.2) is 143 Å². The minimum atomic E-state index is -0.214. The molecule has 2 heterocycles. The Labute approximate surface area is 244 Å². The zero-order chi connectivity index (χ0) is 28.6. The molecular formula is C37H30N4O. The maximum Gasteiger partial charge on any atom is 0.328 e. The van der Waals surface area contributed by atoms with Gasteiger partial charge in [0.1, 0.15) is 6.17 Å². The Morgan fingerprint density at radius 1 is 0.571 bits per heavy atom. The number of hydrogen-bond donors (Lipinski definition) is 1. The van der Waals surface area contributed by atoms with E-state index in [1.54, 1.807) is 9.13 Å². The van der Waals surface area contributed by atoms with Gasteiger partial charge in [-0.3, -0.25) is 14.1 Å². The Hall–Kier alpha value is -5.42. The smallest absolute Gasteiger partial charge is 0.328 e. The van der Waals surface area contributed by atoms with E-state index >= 15 is 0 Å². The van der Waals surface area contributed by atoms with Gasteiger partial charge in [-0.25, -0.2) is 4.79 Å². The van der Waals surface area contributed by atoms with Gasteiger partial charge >= 0.3 is 5.69 Å². The molecule has 7 rings (SSSR count). The first-order chi connectivity index (χ1) is 20.5. The Morgan fingerprint density at radius 2 is 1.14 bits per heavy atom. The summed E-state index contributed by atoms with van der Waals surface area (Å²) in [7, 11) is 3.62. The van der Waals surface area contributed by atoms with E-state index < -0.39 is 0 Å². The number of aromatic nitrogens is 2. The third-order valence-corrected chi connectivity index (χ3v) is 8.02. The lowest BCUT2D eigenvalue weighted by Crippen LogP contribution is -2.24. The average molecular weight is 547 g/mol. The molecule has 5 aromatic carbocycles. The molecule has 0 saturated carbocycles. The van der Waals surface area contributed by atoms with Crippen LogP contribution in [0.25, 0.3) is 39.0 Å². The van der Waals surface area contributed by atoms with Crippen LogP contribution in [0, 0.1) is 0 Å². The van der Waals surface area contributed by atoms with E-state index in [-0.39, 0.29) is 11.9 Å². The molecule has 6 aromatic rings. The van der Waals surface area contributed by atoms with Crippen molar-refractivity contribution in [3.05, 3.63) is 161 Å². The van der Waals surface area contributed by atoms with Gasteiger partial charge in [0.25, 0.3) is 0 Å². The highest BCUT2D eigenvalue weighted by Crippen LogP contribution is 2.30. The van der Waals surface area contributed by atoms with Crippen LogP contribution < -0.4 is 11.0 Å². The number of nitrogens with zero attached hydrogens (tertiary/aromatic N) is 3. The van der Waals surface area contributed by atoms with Gasteiger partial charge < -0.3 is 5.32 Å². The summed E-state index contributed by atoms with van der Waals surface area (Å²) in [5.74, 6) is 0. The van der Waals surface area contributed by atoms with Crippen molar-refractivity contribution in [1.82, 2.24) is 14.5 Å². The fourth-order valence-electron chi connectivity index (χ4n) is 5.67. The van der Waals surface area contributed by atoms with Crippen molar-refractivity contribution < 1.29 is 0 Å². The summed E-state index contributed by atoms with van der Waals surface area (Å²) in [4.78, 5) is 17.6. The van der Waals surface area contributed by atoms with Crippen LogP contribution in [0.1, 0.15) is 22.9 Å². The maximum atomic E-state index is 12.5. The number of imidazole rings is 1. The molecule has 0 saturated heterocycles. The highest BCUT2D eigenvalue weighted by atomic mass is 16.1. The van der Waals surface area contributed by atoms with Crippen molar-refractivity contribution in [3.8, 4) is 22.3 Å². The summed E-state index contributed by atoms with van der Waals surface area (Å²) in [6, 6.07) is 44.1. The molecular weight excluding hydrogens is 516 g/mol. The van der Waals surface area contributed by atoms with Crippen LogP contribution in [-0.4, -0.2) is 14.8 Å².